The Morgan fingerprint density at radius 1 is 1.57 bits per heavy atom. The van der Waals surface area contributed by atoms with Gasteiger partial charge in [-0.3, -0.25) is 10.00 Å². The van der Waals surface area contributed by atoms with E-state index in [1.165, 1.54) is 17.6 Å². The first-order valence-electron chi connectivity index (χ1n) is 7.73. The molecule has 2 aromatic rings. The van der Waals surface area contributed by atoms with Crippen LogP contribution in [0.3, 0.4) is 0 Å². The molecule has 2 N–H and O–H groups in total. The van der Waals surface area contributed by atoms with Gasteiger partial charge in [-0.1, -0.05) is 6.07 Å². The van der Waals surface area contributed by atoms with Crippen LogP contribution < -0.4 is 0 Å². The third-order valence-electron chi connectivity index (χ3n) is 4.40. The minimum atomic E-state index is -1.00. The summed E-state index contributed by atoms with van der Waals surface area (Å²) in [6, 6.07) is 4.12. The van der Waals surface area contributed by atoms with E-state index < -0.39 is 12.1 Å². The Balaban J connectivity index is 1.58. The number of carbonyl (C=O) groups excluding carboxylic acids is 1. The molecule has 3 heterocycles. The summed E-state index contributed by atoms with van der Waals surface area (Å²) in [5.74, 6) is -0.543. The van der Waals surface area contributed by atoms with E-state index >= 15 is 0 Å². The van der Waals surface area contributed by atoms with Crippen LogP contribution in [0, 0.1) is 5.92 Å². The third kappa shape index (κ3) is 3.63. The molecule has 1 saturated heterocycles. The molecule has 6 nitrogen and oxygen atoms in total. The molecule has 7 heteroatoms. The average Bonchev–Trinajstić information content (AvgIpc) is 3.25. The zero-order valence-electron chi connectivity index (χ0n) is 13.1. The van der Waals surface area contributed by atoms with Crippen LogP contribution in [0.4, 0.5) is 0 Å². The SMILES string of the molecule is COC(=O)C(O)C1CCN(Cc2cn[nH]c2-c2cccs2)CC1. The normalized spacial score (nSPS) is 18.0. The van der Waals surface area contributed by atoms with E-state index in [4.69, 9.17) is 0 Å². The Kier molecular flexibility index (Phi) is 5.09. The van der Waals surface area contributed by atoms with Gasteiger partial charge in [0.1, 0.15) is 0 Å². The number of methoxy groups -OCH3 is 1. The van der Waals surface area contributed by atoms with Crippen molar-refractivity contribution in [3.8, 4) is 10.6 Å². The predicted molar refractivity (Wildman–Crippen MR) is 87.9 cm³/mol. The minimum Gasteiger partial charge on any atom is -0.467 e. The molecule has 0 amide bonds. The van der Waals surface area contributed by atoms with Gasteiger partial charge in [-0.2, -0.15) is 5.10 Å². The number of carbonyl (C=O) groups is 1. The van der Waals surface area contributed by atoms with E-state index in [1.807, 2.05) is 12.3 Å². The van der Waals surface area contributed by atoms with Crippen LogP contribution in [0.25, 0.3) is 10.6 Å². The largest absolute Gasteiger partial charge is 0.467 e. The smallest absolute Gasteiger partial charge is 0.334 e. The van der Waals surface area contributed by atoms with Crippen LogP contribution in [0.2, 0.25) is 0 Å². The second kappa shape index (κ2) is 7.25. The monoisotopic (exact) mass is 335 g/mol. The first kappa shape index (κ1) is 16.2. The molecule has 1 unspecified atom stereocenters. The molecule has 23 heavy (non-hydrogen) atoms. The Labute approximate surface area is 139 Å². The van der Waals surface area contributed by atoms with Crippen LogP contribution in [0.15, 0.2) is 23.7 Å². The number of nitrogens with zero attached hydrogens (tertiary/aromatic N) is 2. The predicted octanol–water partition coefficient (Wildman–Crippen LogP) is 1.88. The number of esters is 1. The molecule has 0 bridgehead atoms. The van der Waals surface area contributed by atoms with E-state index in [1.54, 1.807) is 11.3 Å². The maximum atomic E-state index is 11.4. The standard InChI is InChI=1S/C16H21N3O3S/c1-22-16(21)15(20)11-4-6-19(7-5-11)10-12-9-17-18-14(12)13-3-2-8-23-13/h2-3,8-9,11,15,20H,4-7,10H2,1H3,(H,17,18). The molecule has 0 radical (unpaired) electrons. The van der Waals surface area contributed by atoms with Crippen molar-refractivity contribution in [3.63, 3.8) is 0 Å². The number of aliphatic hydroxyl groups is 1. The molecule has 1 aliphatic heterocycles. The van der Waals surface area contributed by atoms with Crippen LogP contribution in [0.1, 0.15) is 18.4 Å². The third-order valence-corrected chi connectivity index (χ3v) is 5.29. The lowest BCUT2D eigenvalue weighted by atomic mass is 9.91. The zero-order chi connectivity index (χ0) is 16.2. The van der Waals surface area contributed by atoms with E-state index in [2.05, 4.69) is 31.3 Å². The van der Waals surface area contributed by atoms with Gasteiger partial charge in [0.25, 0.3) is 0 Å². The summed E-state index contributed by atoms with van der Waals surface area (Å²) in [6.45, 7) is 2.53. The molecule has 0 saturated carbocycles. The van der Waals surface area contributed by atoms with Crippen molar-refractivity contribution in [2.24, 2.45) is 5.92 Å². The molecule has 0 spiro atoms. The number of ether oxygens (including phenoxy) is 1. The highest BCUT2D eigenvalue weighted by molar-refractivity contribution is 7.13. The minimum absolute atomic E-state index is 0.0141. The Morgan fingerprint density at radius 3 is 3.00 bits per heavy atom. The van der Waals surface area contributed by atoms with Crippen LogP contribution in [-0.2, 0) is 16.1 Å². The fourth-order valence-corrected chi connectivity index (χ4v) is 3.80. The molecule has 2 aromatic heterocycles. The van der Waals surface area contributed by atoms with Gasteiger partial charge in [0.15, 0.2) is 6.10 Å². The van der Waals surface area contributed by atoms with Gasteiger partial charge in [-0.05, 0) is 43.3 Å². The second-order valence-electron chi connectivity index (χ2n) is 5.83. The number of hydrogen-bond acceptors (Lipinski definition) is 6. The maximum absolute atomic E-state index is 11.4. The fraction of sp³-hybridized carbons (Fsp3) is 0.500. The molecule has 1 aliphatic rings. The topological polar surface area (TPSA) is 78.5 Å². The number of nitrogens with one attached hydrogen (secondary N) is 1. The number of aliphatic hydroxyl groups excluding tert-OH is 1. The van der Waals surface area contributed by atoms with Crippen molar-refractivity contribution in [2.75, 3.05) is 20.2 Å². The molecular formula is C16H21N3O3S. The first-order chi connectivity index (χ1) is 11.2. The lowest BCUT2D eigenvalue weighted by Gasteiger charge is -2.33. The van der Waals surface area contributed by atoms with Crippen molar-refractivity contribution in [3.05, 3.63) is 29.3 Å². The Morgan fingerprint density at radius 2 is 2.35 bits per heavy atom. The molecule has 124 valence electrons. The molecule has 0 aromatic carbocycles. The number of aromatic amines is 1. The maximum Gasteiger partial charge on any atom is 0.334 e. The van der Waals surface area contributed by atoms with Crippen molar-refractivity contribution in [1.29, 1.82) is 0 Å². The fourth-order valence-electron chi connectivity index (χ4n) is 3.05. The van der Waals surface area contributed by atoms with Gasteiger partial charge in [-0.15, -0.1) is 11.3 Å². The molecular weight excluding hydrogens is 314 g/mol. The number of H-pyrrole nitrogens is 1. The number of thiophene rings is 1. The number of aromatic nitrogens is 2. The van der Waals surface area contributed by atoms with Gasteiger partial charge < -0.3 is 9.84 Å². The molecule has 0 aliphatic carbocycles. The molecule has 1 atom stereocenters. The highest BCUT2D eigenvalue weighted by Gasteiger charge is 2.30. The summed E-state index contributed by atoms with van der Waals surface area (Å²) in [5, 5.41) is 19.3. The summed E-state index contributed by atoms with van der Waals surface area (Å²) in [7, 11) is 1.31. The van der Waals surface area contributed by atoms with E-state index in [-0.39, 0.29) is 5.92 Å². The van der Waals surface area contributed by atoms with Crippen molar-refractivity contribution in [1.82, 2.24) is 15.1 Å². The van der Waals surface area contributed by atoms with Gasteiger partial charge >= 0.3 is 5.97 Å². The van der Waals surface area contributed by atoms with Crippen LogP contribution >= 0.6 is 11.3 Å². The zero-order valence-corrected chi connectivity index (χ0v) is 13.9. The summed E-state index contributed by atoms with van der Waals surface area (Å²) >= 11 is 1.69. The highest BCUT2D eigenvalue weighted by Crippen LogP contribution is 2.28. The van der Waals surface area contributed by atoms with Crippen molar-refractivity contribution < 1.29 is 14.6 Å². The van der Waals surface area contributed by atoms with Crippen molar-refractivity contribution in [2.45, 2.75) is 25.5 Å². The quantitative estimate of drug-likeness (QED) is 0.816. The number of hydrogen-bond donors (Lipinski definition) is 2. The number of piperidine rings is 1. The van der Waals surface area contributed by atoms with E-state index in [9.17, 15) is 9.90 Å². The van der Waals surface area contributed by atoms with Crippen LogP contribution in [-0.4, -0.2) is 52.5 Å². The van der Waals surface area contributed by atoms with Gasteiger partial charge in [0, 0.05) is 12.1 Å². The van der Waals surface area contributed by atoms with E-state index in [0.717, 1.165) is 38.2 Å². The molecule has 3 rings (SSSR count). The first-order valence-corrected chi connectivity index (χ1v) is 8.61. The Hall–Kier alpha value is -1.70. The highest BCUT2D eigenvalue weighted by atomic mass is 32.1. The summed E-state index contributed by atoms with van der Waals surface area (Å²) < 4.78 is 4.62. The number of rotatable bonds is 5. The van der Waals surface area contributed by atoms with Gasteiger partial charge in [0.2, 0.25) is 0 Å². The summed E-state index contributed by atoms with van der Waals surface area (Å²) in [6.07, 6.45) is 2.47. The van der Waals surface area contributed by atoms with Crippen LogP contribution in [0.5, 0.6) is 0 Å². The Bertz CT molecular complexity index is 633. The second-order valence-corrected chi connectivity index (χ2v) is 6.78. The summed E-state index contributed by atoms with van der Waals surface area (Å²) in [4.78, 5) is 15.0. The average molecular weight is 335 g/mol. The van der Waals surface area contributed by atoms with Gasteiger partial charge in [0.05, 0.1) is 23.9 Å². The van der Waals surface area contributed by atoms with E-state index in [0.29, 0.717) is 0 Å². The number of likely N-dealkylation sites (tertiary alicyclic amines) is 1. The summed E-state index contributed by atoms with van der Waals surface area (Å²) in [5.41, 5.74) is 2.26. The van der Waals surface area contributed by atoms with Gasteiger partial charge in [-0.25, -0.2) is 4.79 Å². The van der Waals surface area contributed by atoms with Crippen molar-refractivity contribution >= 4 is 17.3 Å². The lowest BCUT2D eigenvalue weighted by Crippen LogP contribution is -2.40. The molecule has 1 fully saturated rings. The lowest BCUT2D eigenvalue weighted by molar-refractivity contribution is -0.154.